The van der Waals surface area contributed by atoms with Crippen LogP contribution in [0.4, 0.5) is 0 Å². The molecule has 144 heavy (non-hydrogen) atoms. The Morgan fingerprint density at radius 1 is 0.229 bits per heavy atom. The zero-order chi connectivity index (χ0) is 106. The van der Waals surface area contributed by atoms with E-state index in [1.807, 2.05) is 0 Å². The Kier molecular flexibility index (Phi) is 44.1. The molecule has 11 saturated heterocycles. The first-order chi connectivity index (χ1) is 68.3. The second-order valence-electron chi connectivity index (χ2n) is 36.0. The van der Waals surface area contributed by atoms with Gasteiger partial charge in [-0.15, -0.1) is 0 Å². The summed E-state index contributed by atoms with van der Waals surface area (Å²) < 4.78 is 131. The monoisotopic (exact) mass is 2110 g/mol. The van der Waals surface area contributed by atoms with Gasteiger partial charge in [0.15, 0.2) is 69.2 Å². The van der Waals surface area contributed by atoms with E-state index >= 15 is 0 Å². The van der Waals surface area contributed by atoms with Crippen molar-refractivity contribution in [2.75, 3.05) is 85.9 Å². The van der Waals surface area contributed by atoms with E-state index in [-0.39, 0.29) is 6.41 Å². The number of nitrogens with one attached hydrogen (secondary N) is 6. The lowest BCUT2D eigenvalue weighted by molar-refractivity contribution is -0.390. The molecule has 0 aromatic rings. The lowest BCUT2D eigenvalue weighted by atomic mass is 9.93. The van der Waals surface area contributed by atoms with E-state index < -0.39 is 459 Å². The molecular weight excluding hydrogens is 1970 g/mol. The predicted octanol–water partition coefficient (Wildman–Crippen LogP) is -25.1. The molecule has 0 saturated carbocycles. The molecule has 36 N–H and O–H groups in total. The average Bonchev–Trinajstić information content (AvgIpc) is 0.764. The number of hydrogen-bond donors (Lipinski definition) is 36. The van der Waals surface area contributed by atoms with Crippen molar-refractivity contribution in [3.05, 3.63) is 0 Å². The van der Waals surface area contributed by atoms with Crippen LogP contribution in [0.5, 0.6) is 0 Å². The highest BCUT2D eigenvalue weighted by Crippen LogP contribution is 2.42. The molecule has 0 unspecified atom stereocenters. The topological polar surface area (TPSA) is 985 Å². The van der Waals surface area contributed by atoms with Gasteiger partial charge in [-0.1, -0.05) is 0 Å². The Balaban J connectivity index is 0.892. The summed E-state index contributed by atoms with van der Waals surface area (Å²) in [5, 5.41) is 351. The van der Waals surface area contributed by atoms with Crippen molar-refractivity contribution < 1.29 is 286 Å². The summed E-state index contributed by atoms with van der Waals surface area (Å²) >= 11 is 0. The van der Waals surface area contributed by atoms with Crippen molar-refractivity contribution in [2.24, 2.45) is 0 Å². The molecule has 0 aromatic heterocycles. The van der Waals surface area contributed by atoms with Crippen LogP contribution in [-0.4, -0.2) is 619 Å². The fourth-order valence-corrected chi connectivity index (χ4v) is 18.3. The van der Waals surface area contributed by atoms with Crippen LogP contribution in [0.15, 0.2) is 0 Å². The van der Waals surface area contributed by atoms with E-state index in [2.05, 4.69) is 31.9 Å². The molecule has 64 heteroatoms. The van der Waals surface area contributed by atoms with Crippen LogP contribution >= 0.6 is 0 Å². The highest BCUT2D eigenvalue weighted by Gasteiger charge is 2.63. The first-order valence-corrected chi connectivity index (χ1v) is 45.9. The standard InChI is InChI=1S/C80H134N6O58/c1-20(98)82-37-48(109)42(103)26(7-88)126-70(37)124-17-35-46(107)68(143-73-39(84-22(3)100)50(111)63(31(12-93)131-73)137-76-56(117)53(114)43(104)27(8-89)127-76)60(121)79(135-35)139-62-30(11-92)130-71(38(49(62)110)83-21(2)99)125-18-36-47(108)69(144-74-40(85-23(4)101)51(112)64(32(13-94)132-74)138-77-57(118)54(115)44(105)28(9-90)128-77)61(122)80(136-36)140-65-33(14-95)133-72(41(52(65)113)86-24(5)102)142-67-45(106)29(10-91)129-78(59(67)120)141-66-34(15-96)134-75(58(119)55(66)116)123-16-25(6-87)81-19-97/h19,25-80,87-96,103-122H,6-18H2,1-5H3,(H,81,97)(H,82,98)(H,83,99)(H,84,100)(H,85,101)(H,86,102)/t25-,26-,27-,28-,29-,30-,31-,32-,33-,34-,35-,36-,37-,38-,39-,40-,41-,42-,43+,44+,45+,46+,47+,48-,49-,50-,51-,52-,53+,54+,55-,56-,57-,58-,59-,60-,61-,62-,63-,64-,65-,66-,67+,68+,69+,70-,71-,72+,73+,74+,75-,76+,77+,78+,79+,80+/m1/s1. The minimum atomic E-state index is -2.60. The second kappa shape index (κ2) is 53.3. The third kappa shape index (κ3) is 27.1. The van der Waals surface area contributed by atoms with Gasteiger partial charge in [-0.05, 0) is 0 Å². The molecule has 0 aromatic carbocycles. The van der Waals surface area contributed by atoms with Gasteiger partial charge in [-0.3, -0.25) is 28.8 Å². The molecule has 0 bridgehead atoms. The van der Waals surface area contributed by atoms with Gasteiger partial charge in [-0.25, -0.2) is 0 Å². The third-order valence-electron chi connectivity index (χ3n) is 25.9. The van der Waals surface area contributed by atoms with Gasteiger partial charge in [0.25, 0.3) is 0 Å². The summed E-state index contributed by atoms with van der Waals surface area (Å²) in [6.45, 7) is -9.02. The van der Waals surface area contributed by atoms with Crippen LogP contribution < -0.4 is 31.9 Å². The van der Waals surface area contributed by atoms with E-state index in [4.69, 9.17) is 104 Å². The summed E-state index contributed by atoms with van der Waals surface area (Å²) in [7, 11) is 0. The molecule has 11 aliphatic rings. The summed E-state index contributed by atoms with van der Waals surface area (Å²) in [6.07, 6.45) is -106. The van der Waals surface area contributed by atoms with Crippen molar-refractivity contribution in [1.82, 2.24) is 31.9 Å². The van der Waals surface area contributed by atoms with Crippen molar-refractivity contribution in [1.29, 1.82) is 0 Å². The van der Waals surface area contributed by atoms with Gasteiger partial charge in [-0.2, -0.15) is 0 Å². The van der Waals surface area contributed by atoms with E-state index in [9.17, 15) is 182 Å². The molecule has 0 radical (unpaired) electrons. The number of carbonyl (C=O) groups excluding carboxylic acids is 6. The Labute approximate surface area is 815 Å². The van der Waals surface area contributed by atoms with Crippen LogP contribution in [0.3, 0.4) is 0 Å². The van der Waals surface area contributed by atoms with Crippen molar-refractivity contribution >= 4 is 35.9 Å². The summed E-state index contributed by atoms with van der Waals surface area (Å²) in [6, 6.07) is -10.9. The average molecular weight is 2110 g/mol. The Morgan fingerprint density at radius 3 is 0.729 bits per heavy atom. The van der Waals surface area contributed by atoms with Crippen molar-refractivity contribution in [3.63, 3.8) is 0 Å². The van der Waals surface area contributed by atoms with Crippen LogP contribution in [0.1, 0.15) is 34.6 Å². The summed E-state index contributed by atoms with van der Waals surface area (Å²) in [5.74, 6) is -4.91. The number of carbonyl (C=O) groups is 6. The Bertz CT molecular complexity index is 3980. The Morgan fingerprint density at radius 2 is 0.444 bits per heavy atom. The SMILES string of the molecule is CC(=O)N[C@H]1[C@H](O[C@H]2[C@@H](O)[C@@H](CO[C@@H]3O[C@H](CO)[C@@H](O)[C@H](O)[C@H]3NC(C)=O)O[C@@H](O[C@H]3[C@H](O)[C@@H](NC(C)=O)[C@H](OC[C@H]4O[C@@H](O[C@H]5[C@H](O)[C@@H](NC(C)=O)[C@H](O[C@H]6[C@@H](O)[C@@H](CO)O[C@@H](O[C@H]7[C@H](O)[C@@H](O)[C@H](OC[C@@H](CO)NC=O)O[C@@H]7CO)[C@@H]6O)O[C@@H]5CO)[C@H](O)[C@@H](O[C@@H]5O[C@H](CO)[C@@H](O[C@@H]6O[C@H](CO)[C@H](O)[C@H](O)[C@H]6O)[C@H](O)[C@H]5NC(C)=O)[C@H]4O)O[C@@H]3CO)[C@@H]2O)O[C@H](CO)[C@@H](O[C@@H]2O[C@H](CO)[C@H](O)[C@H](O)[C@H]2O)[C@@H]1O. The molecule has 56 atom stereocenters. The molecule has 0 spiro atoms. The molecule has 11 aliphatic heterocycles. The second-order valence-corrected chi connectivity index (χ2v) is 36.0. The fourth-order valence-electron chi connectivity index (χ4n) is 18.3. The lowest BCUT2D eigenvalue weighted by Crippen LogP contribution is -2.71. The minimum Gasteiger partial charge on any atom is -0.394 e. The van der Waals surface area contributed by atoms with Gasteiger partial charge < -0.3 is 289 Å². The van der Waals surface area contributed by atoms with Crippen LogP contribution in [0.2, 0.25) is 0 Å². The molecule has 11 fully saturated rings. The van der Waals surface area contributed by atoms with Crippen molar-refractivity contribution in [3.8, 4) is 0 Å². The summed E-state index contributed by atoms with van der Waals surface area (Å²) in [4.78, 5) is 76.6. The maximum absolute atomic E-state index is 13.5. The van der Waals surface area contributed by atoms with Gasteiger partial charge in [0.2, 0.25) is 35.9 Å². The van der Waals surface area contributed by atoms with Crippen LogP contribution in [-0.2, 0) is 133 Å². The number of ether oxygens (including phenoxy) is 22. The Hall–Kier alpha value is -5.26. The first-order valence-electron chi connectivity index (χ1n) is 45.9. The van der Waals surface area contributed by atoms with Gasteiger partial charge in [0.05, 0.1) is 91.9 Å². The predicted molar refractivity (Wildman–Crippen MR) is 444 cm³/mol. The van der Waals surface area contributed by atoms with Crippen LogP contribution in [0.25, 0.3) is 0 Å². The van der Waals surface area contributed by atoms with E-state index in [1.54, 1.807) is 0 Å². The van der Waals surface area contributed by atoms with E-state index in [1.165, 1.54) is 0 Å². The zero-order valence-electron chi connectivity index (χ0n) is 77.4. The smallest absolute Gasteiger partial charge is 0.217 e. The molecule has 11 heterocycles. The molecule has 6 amide bonds. The molecule has 0 aliphatic carbocycles. The van der Waals surface area contributed by atoms with Gasteiger partial charge in [0.1, 0.15) is 268 Å². The number of amides is 6. The van der Waals surface area contributed by atoms with Gasteiger partial charge >= 0.3 is 0 Å². The highest BCUT2D eigenvalue weighted by molar-refractivity contribution is 5.75. The highest BCUT2D eigenvalue weighted by atomic mass is 16.8. The lowest BCUT2D eigenvalue weighted by Gasteiger charge is -2.51. The maximum atomic E-state index is 13.5. The summed E-state index contributed by atoms with van der Waals surface area (Å²) in [5.41, 5.74) is 0. The first kappa shape index (κ1) is 119. The normalized spacial score (nSPS) is 47.3. The number of rotatable bonds is 42. The molecule has 832 valence electrons. The zero-order valence-corrected chi connectivity index (χ0v) is 77.4. The molecule has 64 nitrogen and oxygen atoms in total. The van der Waals surface area contributed by atoms with E-state index in [0.717, 1.165) is 34.6 Å². The number of hydrogen-bond acceptors (Lipinski definition) is 58. The van der Waals surface area contributed by atoms with E-state index in [0.29, 0.717) is 0 Å². The van der Waals surface area contributed by atoms with Crippen LogP contribution in [0, 0.1) is 0 Å². The third-order valence-corrected chi connectivity index (χ3v) is 25.9. The molecular formula is C80H134N6O58. The largest absolute Gasteiger partial charge is 0.394 e. The number of aliphatic hydroxyl groups is 30. The fraction of sp³-hybridized carbons (Fsp3) is 0.925. The quantitative estimate of drug-likeness (QED) is 0.0252. The number of aliphatic hydroxyl groups excluding tert-OH is 30. The maximum Gasteiger partial charge on any atom is 0.217 e. The molecule has 11 rings (SSSR count). The van der Waals surface area contributed by atoms with Gasteiger partial charge in [0, 0.05) is 34.6 Å². The van der Waals surface area contributed by atoms with Crippen molar-refractivity contribution in [2.45, 2.75) is 378 Å². The minimum absolute atomic E-state index is 0.231.